The lowest BCUT2D eigenvalue weighted by atomic mass is 10.1. The minimum atomic E-state index is -0.195. The average Bonchev–Trinajstić information content (AvgIpc) is 2.40. The van der Waals surface area contributed by atoms with E-state index < -0.39 is 0 Å². The van der Waals surface area contributed by atoms with Gasteiger partial charge in [0.05, 0.1) is 6.61 Å². The zero-order valence-electron chi connectivity index (χ0n) is 11.2. The third-order valence-electron chi connectivity index (χ3n) is 2.98. The van der Waals surface area contributed by atoms with Gasteiger partial charge < -0.3 is 15.2 Å². The van der Waals surface area contributed by atoms with Gasteiger partial charge in [-0.05, 0) is 24.5 Å². The predicted octanol–water partition coefficient (Wildman–Crippen LogP) is 1.99. The van der Waals surface area contributed by atoms with Crippen molar-refractivity contribution in [3.63, 3.8) is 0 Å². The zero-order valence-corrected chi connectivity index (χ0v) is 12.0. The number of aliphatic hydroxyl groups is 1. The number of aliphatic hydroxyl groups excluding tert-OH is 1. The monoisotopic (exact) mass is 285 g/mol. The van der Waals surface area contributed by atoms with Crippen molar-refractivity contribution in [3.8, 4) is 0 Å². The number of hydrogen-bond acceptors (Lipinski definition) is 3. The molecule has 4 nitrogen and oxygen atoms in total. The second-order valence-corrected chi connectivity index (χ2v) is 5.01. The molecule has 2 N–H and O–H groups in total. The zero-order chi connectivity index (χ0) is 14.3. The topological polar surface area (TPSA) is 58.6 Å². The molecule has 0 aliphatic carbocycles. The van der Waals surface area contributed by atoms with Gasteiger partial charge in [0.25, 0.3) is 0 Å². The molecule has 0 fully saturated rings. The Labute approximate surface area is 118 Å². The molecule has 0 saturated heterocycles. The van der Waals surface area contributed by atoms with Crippen LogP contribution < -0.4 is 5.32 Å². The van der Waals surface area contributed by atoms with Gasteiger partial charge in [0.15, 0.2) is 0 Å². The van der Waals surface area contributed by atoms with E-state index in [1.807, 2.05) is 32.0 Å². The van der Waals surface area contributed by atoms with E-state index in [0.717, 1.165) is 5.56 Å². The van der Waals surface area contributed by atoms with Gasteiger partial charge in [-0.25, -0.2) is 0 Å². The molecule has 1 aromatic carbocycles. The summed E-state index contributed by atoms with van der Waals surface area (Å²) in [6, 6.07) is 7.27. The molecular formula is C14H20ClNO3. The standard InChI is InChI=1S/C14H20ClNO3/c1-10(7-17)11(2)16-14(18)9-19-8-12-5-3-4-6-13(12)15/h3-6,10-11,17H,7-9H2,1-2H3,(H,16,18). The molecule has 0 saturated carbocycles. The smallest absolute Gasteiger partial charge is 0.246 e. The highest BCUT2D eigenvalue weighted by molar-refractivity contribution is 6.31. The van der Waals surface area contributed by atoms with Crippen molar-refractivity contribution in [1.29, 1.82) is 0 Å². The lowest BCUT2D eigenvalue weighted by Crippen LogP contribution is -2.40. The summed E-state index contributed by atoms with van der Waals surface area (Å²) < 4.78 is 5.32. The van der Waals surface area contributed by atoms with Gasteiger partial charge in [-0.3, -0.25) is 4.79 Å². The second-order valence-electron chi connectivity index (χ2n) is 4.60. The summed E-state index contributed by atoms with van der Waals surface area (Å²) in [5.41, 5.74) is 0.855. The third-order valence-corrected chi connectivity index (χ3v) is 3.35. The number of amides is 1. The molecule has 1 amide bonds. The summed E-state index contributed by atoms with van der Waals surface area (Å²) in [5.74, 6) is -0.174. The molecule has 0 bridgehead atoms. The van der Waals surface area contributed by atoms with E-state index in [9.17, 15) is 4.79 Å². The van der Waals surface area contributed by atoms with Crippen LogP contribution in [-0.2, 0) is 16.1 Å². The van der Waals surface area contributed by atoms with E-state index in [4.69, 9.17) is 21.4 Å². The molecule has 0 aliphatic rings. The van der Waals surface area contributed by atoms with Crippen molar-refractivity contribution in [1.82, 2.24) is 5.32 Å². The molecule has 1 aromatic rings. The van der Waals surface area contributed by atoms with Gasteiger partial charge in [0.1, 0.15) is 6.61 Å². The Bertz CT molecular complexity index is 411. The van der Waals surface area contributed by atoms with E-state index >= 15 is 0 Å². The van der Waals surface area contributed by atoms with Crippen LogP contribution in [0.1, 0.15) is 19.4 Å². The van der Waals surface area contributed by atoms with Crippen molar-refractivity contribution in [2.45, 2.75) is 26.5 Å². The molecule has 1 rings (SSSR count). The molecule has 0 aromatic heterocycles. The maximum Gasteiger partial charge on any atom is 0.246 e. The predicted molar refractivity (Wildman–Crippen MR) is 75.0 cm³/mol. The van der Waals surface area contributed by atoms with Crippen molar-refractivity contribution >= 4 is 17.5 Å². The summed E-state index contributed by atoms with van der Waals surface area (Å²) >= 11 is 5.98. The minimum absolute atomic E-state index is 0.0201. The molecule has 0 spiro atoms. The minimum Gasteiger partial charge on any atom is -0.396 e. The van der Waals surface area contributed by atoms with Gasteiger partial charge in [0.2, 0.25) is 5.91 Å². The fourth-order valence-electron chi connectivity index (χ4n) is 1.47. The average molecular weight is 286 g/mol. The summed E-state index contributed by atoms with van der Waals surface area (Å²) in [7, 11) is 0. The van der Waals surface area contributed by atoms with Crippen LogP contribution in [0.4, 0.5) is 0 Å². The number of carbonyl (C=O) groups excluding carboxylic acids is 1. The first-order valence-corrected chi connectivity index (χ1v) is 6.63. The van der Waals surface area contributed by atoms with Gasteiger partial charge in [-0.15, -0.1) is 0 Å². The number of ether oxygens (including phenoxy) is 1. The molecule has 19 heavy (non-hydrogen) atoms. The SMILES string of the molecule is CC(CO)C(C)NC(=O)COCc1ccccc1Cl. The number of nitrogens with one attached hydrogen (secondary N) is 1. The number of rotatable bonds is 7. The maximum atomic E-state index is 11.6. The quantitative estimate of drug-likeness (QED) is 0.805. The van der Waals surface area contributed by atoms with Gasteiger partial charge >= 0.3 is 0 Å². The molecule has 0 aliphatic heterocycles. The number of halogens is 1. The van der Waals surface area contributed by atoms with E-state index in [0.29, 0.717) is 11.6 Å². The molecular weight excluding hydrogens is 266 g/mol. The summed E-state index contributed by atoms with van der Waals surface area (Å²) in [4.78, 5) is 11.6. The lowest BCUT2D eigenvalue weighted by molar-refractivity contribution is -0.127. The van der Waals surface area contributed by atoms with Crippen LogP contribution in [0.2, 0.25) is 5.02 Å². The Kier molecular flexibility index (Phi) is 6.84. The van der Waals surface area contributed by atoms with Crippen LogP contribution in [0, 0.1) is 5.92 Å². The molecule has 106 valence electrons. The van der Waals surface area contributed by atoms with Gasteiger partial charge in [0, 0.05) is 17.7 Å². The Balaban J connectivity index is 2.30. The lowest BCUT2D eigenvalue weighted by Gasteiger charge is -2.19. The first kappa shape index (κ1) is 16.0. The highest BCUT2D eigenvalue weighted by Crippen LogP contribution is 2.15. The van der Waals surface area contributed by atoms with E-state index in [1.165, 1.54) is 0 Å². The van der Waals surface area contributed by atoms with Crippen LogP contribution >= 0.6 is 11.6 Å². The van der Waals surface area contributed by atoms with Crippen molar-refractivity contribution in [2.75, 3.05) is 13.2 Å². The first-order chi connectivity index (χ1) is 9.04. The fourth-order valence-corrected chi connectivity index (χ4v) is 1.66. The Morgan fingerprint density at radius 2 is 2.11 bits per heavy atom. The highest BCUT2D eigenvalue weighted by atomic mass is 35.5. The van der Waals surface area contributed by atoms with E-state index in [-0.39, 0.29) is 31.1 Å². The fraction of sp³-hybridized carbons (Fsp3) is 0.500. The van der Waals surface area contributed by atoms with Crippen molar-refractivity contribution in [3.05, 3.63) is 34.9 Å². The van der Waals surface area contributed by atoms with Crippen LogP contribution in [0.3, 0.4) is 0 Å². The molecule has 0 radical (unpaired) electrons. The Morgan fingerprint density at radius 1 is 1.42 bits per heavy atom. The van der Waals surface area contributed by atoms with Crippen molar-refractivity contribution < 1.29 is 14.6 Å². The summed E-state index contributed by atoms with van der Waals surface area (Å²) in [6.45, 7) is 4.05. The second kappa shape index (κ2) is 8.15. The van der Waals surface area contributed by atoms with Crippen LogP contribution in [-0.4, -0.2) is 30.3 Å². The van der Waals surface area contributed by atoms with Crippen LogP contribution in [0.25, 0.3) is 0 Å². The third kappa shape index (κ3) is 5.59. The summed E-state index contributed by atoms with van der Waals surface area (Å²) in [6.07, 6.45) is 0. The van der Waals surface area contributed by atoms with Crippen LogP contribution in [0.5, 0.6) is 0 Å². The molecule has 2 atom stereocenters. The largest absolute Gasteiger partial charge is 0.396 e. The molecule has 2 unspecified atom stereocenters. The van der Waals surface area contributed by atoms with Gasteiger partial charge in [-0.2, -0.15) is 0 Å². The number of benzene rings is 1. The number of carbonyl (C=O) groups is 1. The molecule has 0 heterocycles. The highest BCUT2D eigenvalue weighted by Gasteiger charge is 2.13. The molecule has 5 heteroatoms. The van der Waals surface area contributed by atoms with Gasteiger partial charge in [-0.1, -0.05) is 36.7 Å². The normalized spacial score (nSPS) is 13.9. The van der Waals surface area contributed by atoms with E-state index in [1.54, 1.807) is 6.07 Å². The number of hydrogen-bond donors (Lipinski definition) is 2. The first-order valence-electron chi connectivity index (χ1n) is 6.26. The Morgan fingerprint density at radius 3 is 2.74 bits per heavy atom. The summed E-state index contributed by atoms with van der Waals surface area (Å²) in [5, 5.41) is 12.4. The van der Waals surface area contributed by atoms with E-state index in [2.05, 4.69) is 5.32 Å². The van der Waals surface area contributed by atoms with Crippen LogP contribution in [0.15, 0.2) is 24.3 Å². The van der Waals surface area contributed by atoms with Crippen molar-refractivity contribution in [2.24, 2.45) is 5.92 Å². The maximum absolute atomic E-state index is 11.6. The Hall–Kier alpha value is -1.10.